The highest BCUT2D eigenvalue weighted by Crippen LogP contribution is 2.26. The first-order valence-electron chi connectivity index (χ1n) is 12.5. The van der Waals surface area contributed by atoms with Crippen LogP contribution in [0.15, 0.2) is 54.6 Å². The van der Waals surface area contributed by atoms with E-state index >= 15 is 0 Å². The molecule has 1 aromatic heterocycles. The normalized spacial score (nSPS) is 15.7. The summed E-state index contributed by atoms with van der Waals surface area (Å²) in [6.45, 7) is 5.97. The van der Waals surface area contributed by atoms with Crippen LogP contribution in [0.1, 0.15) is 49.7 Å². The fourth-order valence-electron chi connectivity index (χ4n) is 5.00. The molecule has 2 aliphatic heterocycles. The third kappa shape index (κ3) is 5.00. The maximum atomic E-state index is 13.5. The number of hydrogen-bond acceptors (Lipinski definition) is 4. The number of aromatic nitrogens is 2. The van der Waals surface area contributed by atoms with Gasteiger partial charge in [-0.25, -0.2) is 0 Å². The van der Waals surface area contributed by atoms with Crippen LogP contribution in [0.5, 0.6) is 0 Å². The van der Waals surface area contributed by atoms with Gasteiger partial charge in [-0.05, 0) is 37.0 Å². The highest BCUT2D eigenvalue weighted by atomic mass is 16.5. The van der Waals surface area contributed by atoms with Crippen molar-refractivity contribution in [3.8, 4) is 0 Å². The molecular formula is C28H32N4O3. The molecule has 35 heavy (non-hydrogen) atoms. The van der Waals surface area contributed by atoms with E-state index in [1.807, 2.05) is 51.7 Å². The van der Waals surface area contributed by atoms with Crippen LogP contribution in [0.4, 0.5) is 0 Å². The Morgan fingerprint density at radius 1 is 0.914 bits per heavy atom. The van der Waals surface area contributed by atoms with Gasteiger partial charge in [0.1, 0.15) is 0 Å². The molecule has 0 spiro atoms. The molecule has 5 rings (SSSR count). The molecule has 1 saturated heterocycles. The zero-order valence-corrected chi connectivity index (χ0v) is 20.3. The average molecular weight is 473 g/mol. The predicted molar refractivity (Wildman–Crippen MR) is 133 cm³/mol. The van der Waals surface area contributed by atoms with Crippen molar-refractivity contribution in [2.45, 2.75) is 39.3 Å². The van der Waals surface area contributed by atoms with Crippen molar-refractivity contribution >= 4 is 11.8 Å². The number of carbonyl (C=O) groups excluding carboxylic acids is 2. The molecule has 0 atom stereocenters. The topological polar surface area (TPSA) is 67.7 Å². The Bertz CT molecular complexity index is 1200. The minimum atomic E-state index is -0.0587. The van der Waals surface area contributed by atoms with Crippen LogP contribution in [0.25, 0.3) is 0 Å². The Kier molecular flexibility index (Phi) is 6.95. The maximum Gasteiger partial charge on any atom is 0.274 e. The number of morpholine rings is 1. The minimum absolute atomic E-state index is 0.00958. The second kappa shape index (κ2) is 10.4. The molecule has 7 heteroatoms. The number of rotatable bonds is 6. The van der Waals surface area contributed by atoms with E-state index < -0.39 is 0 Å². The average Bonchev–Trinajstić information content (AvgIpc) is 3.27. The number of hydrogen-bond donors (Lipinski definition) is 0. The predicted octanol–water partition coefficient (Wildman–Crippen LogP) is 3.50. The summed E-state index contributed by atoms with van der Waals surface area (Å²) in [7, 11) is 0. The SMILES string of the molecule is Cc1ccccc1C(=O)N1CCc2c(c(C(=O)N3CCOCC3)nn2CCCc2ccccc2)C1. The molecule has 2 aliphatic rings. The van der Waals surface area contributed by atoms with Gasteiger partial charge in [0.25, 0.3) is 11.8 Å². The third-order valence-corrected chi connectivity index (χ3v) is 6.98. The van der Waals surface area contributed by atoms with Gasteiger partial charge < -0.3 is 14.5 Å². The first kappa shape index (κ1) is 23.3. The molecule has 0 bridgehead atoms. The van der Waals surface area contributed by atoms with E-state index in [1.54, 1.807) is 0 Å². The number of nitrogens with zero attached hydrogens (tertiary/aromatic N) is 4. The van der Waals surface area contributed by atoms with Crippen LogP contribution < -0.4 is 0 Å². The lowest BCUT2D eigenvalue weighted by Gasteiger charge is -2.30. The van der Waals surface area contributed by atoms with Gasteiger partial charge in [0, 0.05) is 49.4 Å². The van der Waals surface area contributed by atoms with Crippen molar-refractivity contribution in [1.29, 1.82) is 0 Å². The highest BCUT2D eigenvalue weighted by molar-refractivity contribution is 5.97. The second-order valence-electron chi connectivity index (χ2n) is 9.28. The van der Waals surface area contributed by atoms with E-state index in [0.29, 0.717) is 57.1 Å². The van der Waals surface area contributed by atoms with E-state index in [0.717, 1.165) is 36.2 Å². The number of benzene rings is 2. The van der Waals surface area contributed by atoms with Crippen molar-refractivity contribution in [1.82, 2.24) is 19.6 Å². The molecule has 0 saturated carbocycles. The molecule has 0 unspecified atom stereocenters. The smallest absolute Gasteiger partial charge is 0.274 e. The van der Waals surface area contributed by atoms with Gasteiger partial charge >= 0.3 is 0 Å². The minimum Gasteiger partial charge on any atom is -0.378 e. The number of aryl methyl sites for hydroxylation is 3. The summed E-state index contributed by atoms with van der Waals surface area (Å²) in [5, 5.41) is 4.83. The lowest BCUT2D eigenvalue weighted by molar-refractivity contribution is 0.0296. The summed E-state index contributed by atoms with van der Waals surface area (Å²) in [6, 6.07) is 18.1. The van der Waals surface area contributed by atoms with Crippen LogP contribution in [0.2, 0.25) is 0 Å². The third-order valence-electron chi connectivity index (χ3n) is 6.98. The van der Waals surface area contributed by atoms with E-state index in [2.05, 4.69) is 24.3 Å². The van der Waals surface area contributed by atoms with Crippen molar-refractivity contribution in [2.75, 3.05) is 32.8 Å². The Morgan fingerprint density at radius 3 is 2.43 bits per heavy atom. The van der Waals surface area contributed by atoms with Crippen molar-refractivity contribution < 1.29 is 14.3 Å². The summed E-state index contributed by atoms with van der Waals surface area (Å²) in [6.07, 6.45) is 2.59. The molecule has 2 amide bonds. The van der Waals surface area contributed by atoms with E-state index in [-0.39, 0.29) is 11.8 Å². The Hall–Kier alpha value is -3.45. The molecular weight excluding hydrogens is 440 g/mol. The number of carbonyl (C=O) groups is 2. The lowest BCUT2D eigenvalue weighted by Crippen LogP contribution is -2.42. The van der Waals surface area contributed by atoms with Crippen molar-refractivity contribution in [2.24, 2.45) is 0 Å². The molecule has 3 heterocycles. The van der Waals surface area contributed by atoms with Gasteiger partial charge in [-0.15, -0.1) is 0 Å². The second-order valence-corrected chi connectivity index (χ2v) is 9.28. The molecule has 182 valence electrons. The largest absolute Gasteiger partial charge is 0.378 e. The van der Waals surface area contributed by atoms with Gasteiger partial charge in [-0.1, -0.05) is 48.5 Å². The van der Waals surface area contributed by atoms with Gasteiger partial charge in [0.2, 0.25) is 0 Å². The maximum absolute atomic E-state index is 13.5. The molecule has 2 aromatic carbocycles. The van der Waals surface area contributed by atoms with Gasteiger partial charge in [0.15, 0.2) is 5.69 Å². The standard InChI is InChI=1S/C28H32N4O3/c1-21-8-5-6-12-23(21)27(33)31-15-13-25-24(20-31)26(28(34)30-16-18-35-19-17-30)29-32(25)14-7-11-22-9-3-2-4-10-22/h2-6,8-10,12H,7,11,13-20H2,1H3. The van der Waals surface area contributed by atoms with Crippen molar-refractivity contribution in [3.63, 3.8) is 0 Å². The quantitative estimate of drug-likeness (QED) is 0.551. The van der Waals surface area contributed by atoms with E-state index in [1.165, 1.54) is 5.56 Å². The van der Waals surface area contributed by atoms with Crippen LogP contribution in [-0.4, -0.2) is 64.2 Å². The van der Waals surface area contributed by atoms with Crippen LogP contribution >= 0.6 is 0 Å². The van der Waals surface area contributed by atoms with Gasteiger partial charge in [-0.2, -0.15) is 5.10 Å². The number of fused-ring (bicyclic) bond motifs is 1. The fourth-order valence-corrected chi connectivity index (χ4v) is 5.00. The zero-order chi connectivity index (χ0) is 24.2. The summed E-state index contributed by atoms with van der Waals surface area (Å²) in [5.74, 6) is -0.0492. The molecule has 0 radical (unpaired) electrons. The van der Waals surface area contributed by atoms with E-state index in [9.17, 15) is 9.59 Å². The monoisotopic (exact) mass is 472 g/mol. The van der Waals surface area contributed by atoms with Crippen LogP contribution in [0.3, 0.4) is 0 Å². The Balaban J connectivity index is 1.40. The van der Waals surface area contributed by atoms with Crippen LogP contribution in [0, 0.1) is 6.92 Å². The Labute approximate surface area is 206 Å². The molecule has 0 aliphatic carbocycles. The number of ether oxygens (including phenoxy) is 1. The number of amides is 2. The lowest BCUT2D eigenvalue weighted by atomic mass is 10.0. The molecule has 3 aromatic rings. The molecule has 7 nitrogen and oxygen atoms in total. The summed E-state index contributed by atoms with van der Waals surface area (Å²) in [5.41, 5.74) is 5.45. The highest BCUT2D eigenvalue weighted by Gasteiger charge is 2.32. The van der Waals surface area contributed by atoms with E-state index in [4.69, 9.17) is 9.84 Å². The first-order chi connectivity index (χ1) is 17.1. The first-order valence-corrected chi connectivity index (χ1v) is 12.5. The summed E-state index contributed by atoms with van der Waals surface area (Å²) < 4.78 is 7.45. The summed E-state index contributed by atoms with van der Waals surface area (Å²) in [4.78, 5) is 30.5. The van der Waals surface area contributed by atoms with Gasteiger partial charge in [0.05, 0.1) is 19.8 Å². The van der Waals surface area contributed by atoms with Crippen LogP contribution in [-0.2, 0) is 30.7 Å². The molecule has 1 fully saturated rings. The van der Waals surface area contributed by atoms with Crippen molar-refractivity contribution in [3.05, 3.63) is 88.2 Å². The molecule has 0 N–H and O–H groups in total. The zero-order valence-electron chi connectivity index (χ0n) is 20.3. The van der Waals surface area contributed by atoms with Gasteiger partial charge in [-0.3, -0.25) is 14.3 Å². The fraction of sp³-hybridized carbons (Fsp3) is 0.393. The Morgan fingerprint density at radius 2 is 1.66 bits per heavy atom. The summed E-state index contributed by atoms with van der Waals surface area (Å²) >= 11 is 0.